The first-order valence-electron chi connectivity index (χ1n) is 5.20. The highest BCUT2D eigenvalue weighted by molar-refractivity contribution is 6.31. The van der Waals surface area contributed by atoms with Gasteiger partial charge in [-0.2, -0.15) is 0 Å². The molecule has 0 unspecified atom stereocenters. The van der Waals surface area contributed by atoms with Gasteiger partial charge in [0, 0.05) is 28.5 Å². The lowest BCUT2D eigenvalue weighted by Gasteiger charge is -2.07. The number of rotatable bonds is 3. The van der Waals surface area contributed by atoms with Crippen LogP contribution in [0.3, 0.4) is 0 Å². The highest BCUT2D eigenvalue weighted by Crippen LogP contribution is 2.22. The maximum Gasteiger partial charge on any atom is 0.322 e. The summed E-state index contributed by atoms with van der Waals surface area (Å²) in [5.74, 6) is -0.409. The fourth-order valence-corrected chi connectivity index (χ4v) is 1.97. The average molecular weight is 289 g/mol. The van der Waals surface area contributed by atoms with Crippen LogP contribution in [0.4, 0.5) is 0 Å². The number of esters is 1. The zero-order valence-electron chi connectivity index (χ0n) is 9.77. The first-order chi connectivity index (χ1) is 8.11. The van der Waals surface area contributed by atoms with Crippen molar-refractivity contribution in [3.63, 3.8) is 0 Å². The van der Waals surface area contributed by atoms with Crippen LogP contribution in [-0.4, -0.2) is 24.1 Å². The van der Waals surface area contributed by atoms with Crippen molar-refractivity contribution in [1.29, 1.82) is 0 Å². The fraction of sp³-hybridized carbons (Fsp3) is 0.250. The molecule has 6 heteroatoms. The largest absolute Gasteiger partial charge is 0.468 e. The number of H-pyrrole nitrogens is 1. The first-order valence-corrected chi connectivity index (χ1v) is 5.58. The number of carbonyl (C=O) groups is 1. The number of carbonyl (C=O) groups excluding carboxylic acids is 1. The van der Waals surface area contributed by atoms with Crippen LogP contribution in [0.15, 0.2) is 24.4 Å². The number of fused-ring (bicyclic) bond motifs is 1. The Labute approximate surface area is 116 Å². The van der Waals surface area contributed by atoms with Crippen LogP contribution in [0.2, 0.25) is 5.02 Å². The topological polar surface area (TPSA) is 68.1 Å². The van der Waals surface area contributed by atoms with Crippen molar-refractivity contribution in [2.75, 3.05) is 7.11 Å². The van der Waals surface area contributed by atoms with E-state index in [-0.39, 0.29) is 12.4 Å². The molecule has 18 heavy (non-hydrogen) atoms. The molecule has 0 spiro atoms. The number of hydrogen-bond donors (Lipinski definition) is 2. The molecule has 0 saturated heterocycles. The first kappa shape index (κ1) is 14.8. The van der Waals surface area contributed by atoms with E-state index in [1.807, 2.05) is 24.4 Å². The molecule has 0 bridgehead atoms. The monoisotopic (exact) mass is 288 g/mol. The van der Waals surface area contributed by atoms with E-state index in [2.05, 4.69) is 9.72 Å². The van der Waals surface area contributed by atoms with Crippen LogP contribution in [0.5, 0.6) is 0 Å². The maximum absolute atomic E-state index is 11.2. The number of nitrogens with one attached hydrogen (secondary N) is 1. The van der Waals surface area contributed by atoms with Crippen molar-refractivity contribution in [3.05, 3.63) is 35.0 Å². The van der Waals surface area contributed by atoms with Gasteiger partial charge in [-0.1, -0.05) is 17.7 Å². The van der Waals surface area contributed by atoms with Gasteiger partial charge in [0.05, 0.1) is 7.11 Å². The molecule has 2 rings (SSSR count). The zero-order valence-corrected chi connectivity index (χ0v) is 11.3. The Bertz CT molecular complexity index is 554. The lowest BCUT2D eigenvalue weighted by molar-refractivity contribution is -0.142. The van der Waals surface area contributed by atoms with Gasteiger partial charge in [0.1, 0.15) is 6.04 Å². The predicted octanol–water partition coefficient (Wildman–Crippen LogP) is 2.29. The Kier molecular flexibility index (Phi) is 5.02. The molecule has 0 aliphatic rings. The van der Waals surface area contributed by atoms with Crippen LogP contribution in [-0.2, 0) is 16.0 Å². The minimum Gasteiger partial charge on any atom is -0.468 e. The molecule has 0 radical (unpaired) electrons. The van der Waals surface area contributed by atoms with E-state index in [0.717, 1.165) is 16.5 Å². The molecule has 1 heterocycles. The standard InChI is InChI=1S/C12H13ClN2O2.ClH/c1-17-12(16)10(14)4-7-6-15-11-5-8(13)2-3-9(7)11;/h2-3,5-6,10,15H,4,14H2,1H3;1H/t10-;/m1./s1. The minimum absolute atomic E-state index is 0. The van der Waals surface area contributed by atoms with Crippen molar-refractivity contribution in [2.45, 2.75) is 12.5 Å². The second-order valence-electron chi connectivity index (χ2n) is 3.84. The molecule has 1 atom stereocenters. The van der Waals surface area contributed by atoms with Crippen molar-refractivity contribution >= 4 is 40.9 Å². The number of aromatic amines is 1. The molecule has 3 N–H and O–H groups in total. The zero-order chi connectivity index (χ0) is 12.4. The number of hydrogen-bond acceptors (Lipinski definition) is 3. The van der Waals surface area contributed by atoms with E-state index in [4.69, 9.17) is 17.3 Å². The second-order valence-corrected chi connectivity index (χ2v) is 4.27. The normalized spacial score (nSPS) is 11.9. The summed E-state index contributed by atoms with van der Waals surface area (Å²) in [7, 11) is 1.33. The molecule has 0 saturated carbocycles. The van der Waals surface area contributed by atoms with E-state index in [9.17, 15) is 4.79 Å². The Morgan fingerprint density at radius 2 is 2.28 bits per heavy atom. The summed E-state index contributed by atoms with van der Waals surface area (Å²) < 4.78 is 4.60. The van der Waals surface area contributed by atoms with Gasteiger partial charge in [-0.25, -0.2) is 0 Å². The van der Waals surface area contributed by atoms with E-state index in [1.165, 1.54) is 7.11 Å². The Hall–Kier alpha value is -1.23. The summed E-state index contributed by atoms with van der Waals surface area (Å²) in [4.78, 5) is 14.3. The van der Waals surface area contributed by atoms with Crippen LogP contribution < -0.4 is 5.73 Å². The van der Waals surface area contributed by atoms with Gasteiger partial charge in [-0.3, -0.25) is 4.79 Å². The van der Waals surface area contributed by atoms with E-state index >= 15 is 0 Å². The average Bonchev–Trinajstić information content (AvgIpc) is 2.70. The molecule has 1 aromatic heterocycles. The third-order valence-electron chi connectivity index (χ3n) is 2.67. The van der Waals surface area contributed by atoms with Gasteiger partial charge >= 0.3 is 5.97 Å². The van der Waals surface area contributed by atoms with Crippen LogP contribution in [0.25, 0.3) is 10.9 Å². The van der Waals surface area contributed by atoms with E-state index < -0.39 is 12.0 Å². The van der Waals surface area contributed by atoms with Crippen molar-refractivity contribution in [3.8, 4) is 0 Å². The van der Waals surface area contributed by atoms with Crippen molar-refractivity contribution in [1.82, 2.24) is 4.98 Å². The maximum atomic E-state index is 11.2. The highest BCUT2D eigenvalue weighted by atomic mass is 35.5. The minimum atomic E-state index is -0.644. The smallest absolute Gasteiger partial charge is 0.322 e. The molecule has 0 amide bonds. The van der Waals surface area contributed by atoms with Crippen molar-refractivity contribution in [2.24, 2.45) is 5.73 Å². The third kappa shape index (κ3) is 2.96. The van der Waals surface area contributed by atoms with Gasteiger partial charge < -0.3 is 15.5 Å². The highest BCUT2D eigenvalue weighted by Gasteiger charge is 2.16. The van der Waals surface area contributed by atoms with Gasteiger partial charge in [-0.05, 0) is 17.7 Å². The summed E-state index contributed by atoms with van der Waals surface area (Å²) in [6.45, 7) is 0. The molecule has 4 nitrogen and oxygen atoms in total. The van der Waals surface area contributed by atoms with Gasteiger partial charge in [-0.15, -0.1) is 12.4 Å². The Morgan fingerprint density at radius 3 is 2.94 bits per heavy atom. The number of halogens is 2. The molecule has 98 valence electrons. The molecular weight excluding hydrogens is 275 g/mol. The summed E-state index contributed by atoms with van der Waals surface area (Å²) >= 11 is 5.89. The van der Waals surface area contributed by atoms with Gasteiger partial charge in [0.2, 0.25) is 0 Å². The SMILES string of the molecule is COC(=O)[C@H](N)Cc1c[nH]c2cc(Cl)ccc12.Cl. The Balaban J connectivity index is 0.00000162. The molecule has 1 aromatic carbocycles. The lowest BCUT2D eigenvalue weighted by atomic mass is 10.1. The molecule has 0 aliphatic heterocycles. The number of benzene rings is 1. The molecule has 0 aliphatic carbocycles. The number of nitrogens with two attached hydrogens (primary N) is 1. The quantitative estimate of drug-likeness (QED) is 0.852. The number of aromatic nitrogens is 1. The predicted molar refractivity (Wildman–Crippen MR) is 74.3 cm³/mol. The van der Waals surface area contributed by atoms with Crippen LogP contribution in [0, 0.1) is 0 Å². The number of ether oxygens (including phenoxy) is 1. The lowest BCUT2D eigenvalue weighted by Crippen LogP contribution is -2.33. The summed E-state index contributed by atoms with van der Waals surface area (Å²) in [5, 5.41) is 1.69. The van der Waals surface area contributed by atoms with Crippen molar-refractivity contribution < 1.29 is 9.53 Å². The van der Waals surface area contributed by atoms with Gasteiger partial charge in [0.15, 0.2) is 0 Å². The molecule has 0 fully saturated rings. The Morgan fingerprint density at radius 1 is 1.56 bits per heavy atom. The summed E-state index contributed by atoms with van der Waals surface area (Å²) in [5.41, 5.74) is 7.64. The third-order valence-corrected chi connectivity index (χ3v) is 2.91. The molecule has 2 aromatic rings. The molecular formula is C12H14Cl2N2O2. The fourth-order valence-electron chi connectivity index (χ4n) is 1.80. The number of methoxy groups -OCH3 is 1. The summed E-state index contributed by atoms with van der Waals surface area (Å²) in [6.07, 6.45) is 2.28. The van der Waals surface area contributed by atoms with Crippen LogP contribution >= 0.6 is 24.0 Å². The second kappa shape index (κ2) is 6.09. The van der Waals surface area contributed by atoms with E-state index in [0.29, 0.717) is 11.4 Å². The van der Waals surface area contributed by atoms with Gasteiger partial charge in [0.25, 0.3) is 0 Å². The van der Waals surface area contributed by atoms with Crippen LogP contribution in [0.1, 0.15) is 5.56 Å². The summed E-state index contributed by atoms with van der Waals surface area (Å²) in [6, 6.07) is 4.91. The van der Waals surface area contributed by atoms with E-state index in [1.54, 1.807) is 0 Å².